The van der Waals surface area contributed by atoms with Gasteiger partial charge in [0.05, 0.1) is 0 Å². The zero-order valence-corrected chi connectivity index (χ0v) is 9.27. The molecule has 0 aromatic carbocycles. The van der Waals surface area contributed by atoms with Gasteiger partial charge in [0.1, 0.15) is 0 Å². The van der Waals surface area contributed by atoms with Crippen molar-refractivity contribution in [3.63, 3.8) is 0 Å². The highest BCUT2D eigenvalue weighted by molar-refractivity contribution is 5.84. The maximum absolute atomic E-state index is 11.9. The first-order valence-corrected chi connectivity index (χ1v) is 5.80. The number of carbonyl (C=O) groups is 2. The van der Waals surface area contributed by atoms with Crippen LogP contribution in [0.3, 0.4) is 0 Å². The summed E-state index contributed by atoms with van der Waals surface area (Å²) in [6.45, 7) is 3.14. The van der Waals surface area contributed by atoms with Crippen molar-refractivity contribution in [3.8, 4) is 0 Å². The predicted octanol–water partition coefficient (Wildman–Crippen LogP) is 0.511. The fourth-order valence-electron chi connectivity index (χ4n) is 2.76. The molecule has 2 N–H and O–H groups in total. The molecule has 5 nitrogen and oxygen atoms in total. The maximum atomic E-state index is 11.9. The molecule has 1 aliphatic heterocycles. The van der Waals surface area contributed by atoms with Crippen LogP contribution in [0.25, 0.3) is 0 Å². The van der Waals surface area contributed by atoms with Crippen LogP contribution in [0.15, 0.2) is 0 Å². The van der Waals surface area contributed by atoms with Crippen molar-refractivity contribution >= 4 is 12.0 Å². The van der Waals surface area contributed by atoms with Gasteiger partial charge >= 0.3 is 6.09 Å². The standard InChI is InChI=1S/C11H16N2O3/c1-11(2-3-11)12-9(14)8-6-4-13(10(15)16)5-7(6)8/h6-8H,2-5H2,1H3,(H,12,14)(H,15,16). The summed E-state index contributed by atoms with van der Waals surface area (Å²) in [5.74, 6) is 0.768. The van der Waals surface area contributed by atoms with Gasteiger partial charge in [-0.25, -0.2) is 4.79 Å². The first-order chi connectivity index (χ1) is 7.50. The summed E-state index contributed by atoms with van der Waals surface area (Å²) in [6.07, 6.45) is 1.28. The Bertz CT molecular complexity index is 352. The van der Waals surface area contributed by atoms with Gasteiger partial charge in [-0.2, -0.15) is 0 Å². The first kappa shape index (κ1) is 9.93. The summed E-state index contributed by atoms with van der Waals surface area (Å²) in [7, 11) is 0. The van der Waals surface area contributed by atoms with Crippen molar-refractivity contribution in [2.75, 3.05) is 13.1 Å². The topological polar surface area (TPSA) is 69.6 Å². The molecule has 3 aliphatic rings. The Labute approximate surface area is 93.8 Å². The molecular weight excluding hydrogens is 208 g/mol. The van der Waals surface area contributed by atoms with Crippen molar-refractivity contribution in [2.24, 2.45) is 17.8 Å². The number of fused-ring (bicyclic) bond motifs is 1. The first-order valence-electron chi connectivity index (χ1n) is 5.80. The second-order valence-electron chi connectivity index (χ2n) is 5.59. The molecule has 2 unspecified atom stereocenters. The van der Waals surface area contributed by atoms with E-state index in [0.717, 1.165) is 12.8 Å². The Balaban J connectivity index is 1.54. The van der Waals surface area contributed by atoms with E-state index in [0.29, 0.717) is 13.1 Å². The van der Waals surface area contributed by atoms with Gasteiger partial charge in [-0.3, -0.25) is 4.79 Å². The summed E-state index contributed by atoms with van der Waals surface area (Å²) in [5.41, 5.74) is 0.0421. The van der Waals surface area contributed by atoms with E-state index in [9.17, 15) is 9.59 Å². The number of amides is 2. The molecule has 1 saturated heterocycles. The van der Waals surface area contributed by atoms with Crippen LogP contribution in [-0.4, -0.2) is 40.6 Å². The van der Waals surface area contributed by atoms with Crippen LogP contribution in [0.2, 0.25) is 0 Å². The summed E-state index contributed by atoms with van der Waals surface area (Å²) in [6, 6.07) is 0. The van der Waals surface area contributed by atoms with Gasteiger partial charge in [0.15, 0.2) is 0 Å². The van der Waals surface area contributed by atoms with E-state index in [1.807, 2.05) is 0 Å². The molecule has 16 heavy (non-hydrogen) atoms. The lowest BCUT2D eigenvalue weighted by Crippen LogP contribution is -2.38. The monoisotopic (exact) mass is 224 g/mol. The lowest BCUT2D eigenvalue weighted by molar-refractivity contribution is -0.124. The van der Waals surface area contributed by atoms with Gasteiger partial charge in [-0.15, -0.1) is 0 Å². The molecule has 0 bridgehead atoms. The molecule has 0 aromatic heterocycles. The van der Waals surface area contributed by atoms with Gasteiger partial charge in [0.25, 0.3) is 0 Å². The molecule has 0 radical (unpaired) electrons. The summed E-state index contributed by atoms with van der Waals surface area (Å²) >= 11 is 0. The molecule has 3 rings (SSSR count). The van der Waals surface area contributed by atoms with Crippen molar-refractivity contribution in [2.45, 2.75) is 25.3 Å². The highest BCUT2D eigenvalue weighted by Gasteiger charge is 2.61. The van der Waals surface area contributed by atoms with Crippen LogP contribution in [0.1, 0.15) is 19.8 Å². The van der Waals surface area contributed by atoms with E-state index in [1.54, 1.807) is 0 Å². The lowest BCUT2D eigenvalue weighted by Gasteiger charge is -2.17. The Morgan fingerprint density at radius 3 is 2.31 bits per heavy atom. The van der Waals surface area contributed by atoms with Crippen molar-refractivity contribution < 1.29 is 14.7 Å². The van der Waals surface area contributed by atoms with E-state index in [4.69, 9.17) is 5.11 Å². The molecule has 2 saturated carbocycles. The zero-order valence-electron chi connectivity index (χ0n) is 9.27. The summed E-state index contributed by atoms with van der Waals surface area (Å²) < 4.78 is 0. The Hall–Kier alpha value is -1.26. The predicted molar refractivity (Wildman–Crippen MR) is 55.8 cm³/mol. The minimum Gasteiger partial charge on any atom is -0.465 e. The Kier molecular flexibility index (Phi) is 1.80. The van der Waals surface area contributed by atoms with E-state index in [2.05, 4.69) is 12.2 Å². The summed E-state index contributed by atoms with van der Waals surface area (Å²) in [5, 5.41) is 11.9. The smallest absolute Gasteiger partial charge is 0.407 e. The third-order valence-electron chi connectivity index (χ3n) is 4.19. The number of nitrogens with one attached hydrogen (secondary N) is 1. The Morgan fingerprint density at radius 2 is 1.88 bits per heavy atom. The van der Waals surface area contributed by atoms with Gasteiger partial charge < -0.3 is 15.3 Å². The normalized spacial score (nSPS) is 37.8. The number of piperidine rings is 1. The quantitative estimate of drug-likeness (QED) is 0.718. The molecule has 2 atom stereocenters. The third kappa shape index (κ3) is 1.45. The summed E-state index contributed by atoms with van der Waals surface area (Å²) in [4.78, 5) is 24.0. The molecule has 3 fully saturated rings. The number of hydrogen-bond donors (Lipinski definition) is 2. The highest BCUT2D eigenvalue weighted by atomic mass is 16.4. The largest absolute Gasteiger partial charge is 0.465 e. The SMILES string of the molecule is CC1(NC(=O)C2C3CN(C(=O)O)CC32)CC1. The van der Waals surface area contributed by atoms with Crippen molar-refractivity contribution in [1.29, 1.82) is 0 Å². The molecule has 0 aromatic rings. The van der Waals surface area contributed by atoms with E-state index in [-0.39, 0.29) is 29.2 Å². The zero-order chi connectivity index (χ0) is 11.5. The number of nitrogens with zero attached hydrogens (tertiary/aromatic N) is 1. The maximum Gasteiger partial charge on any atom is 0.407 e. The Morgan fingerprint density at radius 1 is 1.31 bits per heavy atom. The van der Waals surface area contributed by atoms with Crippen LogP contribution >= 0.6 is 0 Å². The van der Waals surface area contributed by atoms with Crippen molar-refractivity contribution in [1.82, 2.24) is 10.2 Å². The van der Waals surface area contributed by atoms with Crippen LogP contribution in [0.5, 0.6) is 0 Å². The minimum atomic E-state index is -0.861. The van der Waals surface area contributed by atoms with Crippen LogP contribution in [0, 0.1) is 17.8 Å². The highest BCUT2D eigenvalue weighted by Crippen LogP contribution is 2.52. The number of rotatable bonds is 2. The molecule has 2 aliphatic carbocycles. The van der Waals surface area contributed by atoms with E-state index >= 15 is 0 Å². The van der Waals surface area contributed by atoms with Gasteiger partial charge in [-0.05, 0) is 31.6 Å². The van der Waals surface area contributed by atoms with Crippen LogP contribution in [-0.2, 0) is 4.79 Å². The second-order valence-corrected chi connectivity index (χ2v) is 5.59. The fraction of sp³-hybridized carbons (Fsp3) is 0.818. The van der Waals surface area contributed by atoms with E-state index < -0.39 is 6.09 Å². The number of hydrogen-bond acceptors (Lipinski definition) is 2. The molecule has 5 heteroatoms. The molecular formula is C11H16N2O3. The van der Waals surface area contributed by atoms with Crippen molar-refractivity contribution in [3.05, 3.63) is 0 Å². The van der Waals surface area contributed by atoms with Crippen LogP contribution < -0.4 is 5.32 Å². The van der Waals surface area contributed by atoms with Gasteiger partial charge in [0.2, 0.25) is 5.91 Å². The average Bonchev–Trinajstić information content (AvgIpc) is 3.04. The van der Waals surface area contributed by atoms with Gasteiger partial charge in [-0.1, -0.05) is 0 Å². The molecule has 1 heterocycles. The molecule has 2 amide bonds. The number of likely N-dealkylation sites (tertiary alicyclic amines) is 1. The lowest BCUT2D eigenvalue weighted by atomic mass is 10.2. The van der Waals surface area contributed by atoms with E-state index in [1.165, 1.54) is 4.90 Å². The second kappa shape index (κ2) is 2.90. The average molecular weight is 224 g/mol. The molecule has 0 spiro atoms. The minimum absolute atomic E-state index is 0.0421. The fourth-order valence-corrected chi connectivity index (χ4v) is 2.76. The molecule has 88 valence electrons. The number of carboxylic acid groups (broad SMARTS) is 1. The number of carbonyl (C=O) groups excluding carboxylic acids is 1. The van der Waals surface area contributed by atoms with Crippen LogP contribution in [0.4, 0.5) is 4.79 Å². The third-order valence-corrected chi connectivity index (χ3v) is 4.19. The van der Waals surface area contributed by atoms with Gasteiger partial charge in [0, 0.05) is 24.5 Å².